The van der Waals surface area contributed by atoms with Gasteiger partial charge in [0.2, 0.25) is 0 Å². The molecule has 0 spiro atoms. The van der Waals surface area contributed by atoms with Gasteiger partial charge in [0.25, 0.3) is 0 Å². The summed E-state index contributed by atoms with van der Waals surface area (Å²) in [6.07, 6.45) is -0.162. The van der Waals surface area contributed by atoms with Gasteiger partial charge in [0.05, 0.1) is 46.0 Å². The molecule has 204 valence electrons. The minimum atomic E-state index is -1.25. The Morgan fingerprint density at radius 3 is 2.62 bits per heavy atom. The lowest BCUT2D eigenvalue weighted by molar-refractivity contribution is -0.156. The summed E-state index contributed by atoms with van der Waals surface area (Å²) < 4.78 is 13.0. The van der Waals surface area contributed by atoms with Crippen LogP contribution in [-0.2, 0) is 25.6 Å². The maximum Gasteiger partial charge on any atom is 0.309 e. The predicted molar refractivity (Wildman–Crippen MR) is 142 cm³/mol. The number of hydrogen-bond donors (Lipinski definition) is 3. The number of hydrogen-bond acceptors (Lipinski definition) is 9. The number of epoxide rings is 1. The number of thiazole rings is 1. The highest BCUT2D eigenvalue weighted by molar-refractivity contribution is 7.18. The van der Waals surface area contributed by atoms with Gasteiger partial charge in [-0.15, -0.1) is 11.3 Å². The maximum absolute atomic E-state index is 13.3. The second-order valence-corrected chi connectivity index (χ2v) is 12.7. The van der Waals surface area contributed by atoms with Crippen molar-refractivity contribution in [3.63, 3.8) is 0 Å². The number of benzene rings is 1. The molecule has 4 N–H and O–H groups in total. The summed E-state index contributed by atoms with van der Waals surface area (Å²) in [6, 6.07) is 5.83. The van der Waals surface area contributed by atoms with Crippen LogP contribution in [0.25, 0.3) is 10.2 Å². The first-order valence-corrected chi connectivity index (χ1v) is 14.0. The fourth-order valence-corrected chi connectivity index (χ4v) is 6.33. The molecule has 0 bridgehead atoms. The first-order valence-electron chi connectivity index (χ1n) is 13.2. The zero-order valence-electron chi connectivity index (χ0n) is 22.4. The molecule has 9 heteroatoms. The fourth-order valence-electron chi connectivity index (χ4n) is 5.50. The second-order valence-electron chi connectivity index (χ2n) is 11.6. The van der Waals surface area contributed by atoms with Crippen molar-refractivity contribution in [3.05, 3.63) is 28.8 Å². The minimum absolute atomic E-state index is 0.0777. The lowest BCUT2D eigenvalue weighted by Crippen LogP contribution is -2.45. The van der Waals surface area contributed by atoms with Crippen LogP contribution >= 0.6 is 11.3 Å². The molecule has 0 unspecified atom stereocenters. The van der Waals surface area contributed by atoms with Gasteiger partial charge in [0, 0.05) is 18.9 Å². The average Bonchev–Trinajstić information content (AvgIpc) is 3.29. The number of rotatable bonds is 2. The van der Waals surface area contributed by atoms with Gasteiger partial charge in [0.1, 0.15) is 16.9 Å². The number of carbonyl (C=O) groups is 2. The molecule has 0 aliphatic carbocycles. The van der Waals surface area contributed by atoms with E-state index in [2.05, 4.69) is 11.9 Å². The Balaban J connectivity index is 1.62. The molecule has 0 radical (unpaired) electrons. The van der Waals surface area contributed by atoms with Crippen molar-refractivity contribution in [1.82, 2.24) is 4.98 Å². The van der Waals surface area contributed by atoms with Gasteiger partial charge < -0.3 is 25.4 Å². The van der Waals surface area contributed by atoms with Crippen molar-refractivity contribution in [3.8, 4) is 0 Å². The number of carbonyl (C=O) groups excluding carboxylic acids is 2. The van der Waals surface area contributed by atoms with E-state index in [4.69, 9.17) is 15.2 Å². The topological polar surface area (TPSA) is 135 Å². The normalized spacial score (nSPS) is 35.7. The highest BCUT2D eigenvalue weighted by Crippen LogP contribution is 2.47. The quantitative estimate of drug-likeness (QED) is 0.389. The van der Waals surface area contributed by atoms with Crippen LogP contribution in [0.1, 0.15) is 83.4 Å². The van der Waals surface area contributed by atoms with E-state index >= 15 is 0 Å². The number of fused-ring (bicyclic) bond motifs is 2. The molecule has 2 saturated heterocycles. The summed E-state index contributed by atoms with van der Waals surface area (Å²) in [5.41, 5.74) is 5.83. The van der Waals surface area contributed by atoms with Crippen molar-refractivity contribution in [2.24, 2.45) is 23.0 Å². The van der Waals surface area contributed by atoms with Crippen LogP contribution in [0.15, 0.2) is 18.2 Å². The zero-order chi connectivity index (χ0) is 27.1. The Morgan fingerprint density at radius 2 is 1.92 bits per heavy atom. The molecule has 8 nitrogen and oxygen atoms in total. The molecule has 3 heterocycles. The van der Waals surface area contributed by atoms with Crippen molar-refractivity contribution >= 4 is 33.3 Å². The van der Waals surface area contributed by atoms with Crippen molar-refractivity contribution < 1.29 is 29.3 Å². The molecule has 2 aromatic rings. The number of aliphatic hydroxyl groups excluding tert-OH is 2. The molecule has 1 aromatic carbocycles. The number of cyclic esters (lactones) is 1. The van der Waals surface area contributed by atoms with Crippen molar-refractivity contribution in [1.29, 1.82) is 0 Å². The van der Waals surface area contributed by atoms with Gasteiger partial charge in [-0.3, -0.25) is 9.59 Å². The number of nitrogens with two attached hydrogens (primary N) is 1. The van der Waals surface area contributed by atoms with Crippen LogP contribution in [0.2, 0.25) is 0 Å². The average molecular weight is 533 g/mol. The van der Waals surface area contributed by atoms with Gasteiger partial charge in [-0.1, -0.05) is 40.2 Å². The largest absolute Gasteiger partial charge is 0.457 e. The zero-order valence-corrected chi connectivity index (χ0v) is 23.2. The predicted octanol–water partition coefficient (Wildman–Crippen LogP) is 4.05. The third kappa shape index (κ3) is 5.91. The van der Waals surface area contributed by atoms with Gasteiger partial charge in [0.15, 0.2) is 0 Å². The summed E-state index contributed by atoms with van der Waals surface area (Å²) in [4.78, 5) is 30.9. The third-order valence-electron chi connectivity index (χ3n) is 8.41. The highest BCUT2D eigenvalue weighted by Gasteiger charge is 2.53. The Labute approximate surface area is 222 Å². The molecule has 4 rings (SSSR count). The first-order chi connectivity index (χ1) is 17.4. The lowest BCUT2D eigenvalue weighted by atomic mass is 9.73. The van der Waals surface area contributed by atoms with E-state index < -0.39 is 35.6 Å². The maximum atomic E-state index is 13.3. The summed E-state index contributed by atoms with van der Waals surface area (Å²) in [7, 11) is 0. The van der Waals surface area contributed by atoms with Gasteiger partial charge in [-0.25, -0.2) is 4.98 Å². The van der Waals surface area contributed by atoms with Gasteiger partial charge >= 0.3 is 5.97 Å². The van der Waals surface area contributed by atoms with E-state index in [1.165, 1.54) is 11.3 Å². The van der Waals surface area contributed by atoms with Crippen LogP contribution < -0.4 is 5.73 Å². The van der Waals surface area contributed by atoms with Crippen molar-refractivity contribution in [2.45, 2.75) is 103 Å². The molecular weight excluding hydrogens is 492 g/mol. The lowest BCUT2D eigenvalue weighted by Gasteiger charge is -2.34. The van der Waals surface area contributed by atoms with Crippen molar-refractivity contribution in [2.75, 3.05) is 0 Å². The van der Waals surface area contributed by atoms with Gasteiger partial charge in [-0.2, -0.15) is 0 Å². The van der Waals surface area contributed by atoms with E-state index in [0.717, 1.165) is 40.1 Å². The summed E-state index contributed by atoms with van der Waals surface area (Å²) in [5, 5.41) is 22.6. The molecule has 2 fully saturated rings. The number of nitrogens with zero attached hydrogens (tertiary/aromatic N) is 1. The monoisotopic (exact) mass is 532 g/mol. The van der Waals surface area contributed by atoms with Gasteiger partial charge in [-0.05, 0) is 43.4 Å². The van der Waals surface area contributed by atoms with E-state index in [1.807, 2.05) is 25.1 Å². The smallest absolute Gasteiger partial charge is 0.309 e. The molecule has 1 aromatic heterocycles. The summed E-state index contributed by atoms with van der Waals surface area (Å²) in [5.74, 6) is -1.60. The molecule has 0 saturated carbocycles. The van der Waals surface area contributed by atoms with E-state index in [0.29, 0.717) is 13.0 Å². The van der Waals surface area contributed by atoms with E-state index in [9.17, 15) is 19.8 Å². The number of aliphatic hydroxyl groups is 2. The molecular formula is C28H40N2O6S. The molecule has 2 aliphatic rings. The first kappa shape index (κ1) is 28.1. The van der Waals surface area contributed by atoms with Crippen LogP contribution in [0, 0.1) is 17.3 Å². The Kier molecular flexibility index (Phi) is 8.12. The number of aromatic nitrogens is 1. The number of ether oxygens (including phenoxy) is 2. The Hall–Kier alpha value is -1.91. The van der Waals surface area contributed by atoms with Crippen LogP contribution in [-0.4, -0.2) is 50.9 Å². The fraction of sp³-hybridized carbons (Fsp3) is 0.679. The highest BCUT2D eigenvalue weighted by atomic mass is 32.1. The summed E-state index contributed by atoms with van der Waals surface area (Å²) >= 11 is 1.54. The molecule has 0 amide bonds. The number of ketones is 1. The Bertz CT molecular complexity index is 1150. The standard InChI is InChI=1S/C28H40N2O6S/c1-15-7-6-10-28(5)22(36-28)12-19(17-8-9-20-18(11-17)30-23(14-29)37-20)35-24(32)13-21(31)27(3,4)26(34)16(2)25(15)33/h8-9,11,15-16,19,21-22,25,31,33H,6-7,10,12-14,29H2,1-5H3/t15-,16+,19-,21-,22-,25-,28+/m0/s1. The van der Waals surface area contributed by atoms with Crippen LogP contribution in [0.5, 0.6) is 0 Å². The molecule has 7 atom stereocenters. The third-order valence-corrected chi connectivity index (χ3v) is 9.47. The van der Waals surface area contributed by atoms with Crippen LogP contribution in [0.3, 0.4) is 0 Å². The number of esters is 1. The number of Topliss-reactive ketones (excluding diaryl/α,β-unsaturated/α-hetero) is 1. The van der Waals surface area contributed by atoms with E-state index in [1.54, 1.807) is 20.8 Å². The minimum Gasteiger partial charge on any atom is -0.457 e. The van der Waals surface area contributed by atoms with E-state index in [-0.39, 0.29) is 29.8 Å². The SMILES string of the molecule is C[C@H]1CCC[C@@]2(C)O[C@H]2C[C@@H](c2ccc3sc(CN)nc3c2)OC(=O)C[C@H](O)C(C)(C)C(=O)[C@H](C)[C@H]1O. The van der Waals surface area contributed by atoms with Crippen LogP contribution in [0.4, 0.5) is 0 Å². The molecule has 2 aliphatic heterocycles. The molecule has 37 heavy (non-hydrogen) atoms. The second kappa shape index (κ2) is 10.7. The summed E-state index contributed by atoms with van der Waals surface area (Å²) in [6.45, 7) is 9.32. The Morgan fingerprint density at radius 1 is 1.19 bits per heavy atom.